The monoisotopic (exact) mass is 286 g/mol. The summed E-state index contributed by atoms with van der Waals surface area (Å²) in [6.07, 6.45) is 0.853. The fourth-order valence-corrected chi connectivity index (χ4v) is 2.10. The van der Waals surface area contributed by atoms with Crippen molar-refractivity contribution in [3.05, 3.63) is 0 Å². The molecule has 0 aliphatic rings. The number of halogens is 1. The van der Waals surface area contributed by atoms with Crippen LogP contribution in [-0.2, 0) is 10.0 Å². The predicted molar refractivity (Wildman–Crippen MR) is 76.3 cm³/mol. The van der Waals surface area contributed by atoms with Crippen LogP contribution in [0.15, 0.2) is 0 Å². The molecule has 0 rings (SSSR count). The van der Waals surface area contributed by atoms with Crippen LogP contribution in [0.4, 0.5) is 0 Å². The third-order valence-corrected chi connectivity index (χ3v) is 4.18. The summed E-state index contributed by atoms with van der Waals surface area (Å²) in [7, 11) is -1.37. The van der Waals surface area contributed by atoms with Crippen molar-refractivity contribution in [3.8, 4) is 0 Å². The molecule has 0 aliphatic carbocycles. The van der Waals surface area contributed by atoms with Crippen molar-refractivity contribution in [2.45, 2.75) is 34.1 Å². The maximum Gasteiger partial charge on any atom is 0.213 e. The van der Waals surface area contributed by atoms with E-state index in [1.165, 1.54) is 4.31 Å². The third kappa shape index (κ3) is 9.83. The van der Waals surface area contributed by atoms with Crippen LogP contribution in [0.3, 0.4) is 0 Å². The van der Waals surface area contributed by atoms with Gasteiger partial charge in [0.05, 0.1) is 5.75 Å². The van der Waals surface area contributed by atoms with E-state index >= 15 is 0 Å². The van der Waals surface area contributed by atoms with Crippen molar-refractivity contribution in [2.24, 2.45) is 5.41 Å². The summed E-state index contributed by atoms with van der Waals surface area (Å²) in [6.45, 7) is 10.6. The van der Waals surface area contributed by atoms with E-state index in [2.05, 4.69) is 26.1 Å². The second kappa shape index (κ2) is 8.29. The van der Waals surface area contributed by atoms with Gasteiger partial charge in [0, 0.05) is 13.6 Å². The Labute approximate surface area is 113 Å². The van der Waals surface area contributed by atoms with Gasteiger partial charge < -0.3 is 5.32 Å². The van der Waals surface area contributed by atoms with Crippen molar-refractivity contribution >= 4 is 22.4 Å². The summed E-state index contributed by atoms with van der Waals surface area (Å²) < 4.78 is 24.3. The number of sulfonamides is 1. The van der Waals surface area contributed by atoms with Crippen LogP contribution in [0.1, 0.15) is 34.1 Å². The third-order valence-electron chi connectivity index (χ3n) is 2.32. The number of nitrogens with zero attached hydrogens (tertiary/aromatic N) is 1. The van der Waals surface area contributed by atoms with Crippen molar-refractivity contribution in [3.63, 3.8) is 0 Å². The second-order valence-electron chi connectivity index (χ2n) is 5.31. The number of rotatable bonds is 7. The van der Waals surface area contributed by atoms with E-state index in [1.807, 2.05) is 0 Å². The molecule has 1 N–H and O–H groups in total. The smallest absolute Gasteiger partial charge is 0.213 e. The van der Waals surface area contributed by atoms with Crippen molar-refractivity contribution < 1.29 is 8.42 Å². The molecule has 0 bridgehead atoms. The van der Waals surface area contributed by atoms with E-state index in [0.29, 0.717) is 6.54 Å². The summed E-state index contributed by atoms with van der Waals surface area (Å²) in [6, 6.07) is 0. The topological polar surface area (TPSA) is 49.4 Å². The molecule has 6 heteroatoms. The molecule has 0 heterocycles. The van der Waals surface area contributed by atoms with E-state index in [4.69, 9.17) is 0 Å². The van der Waals surface area contributed by atoms with E-state index in [1.54, 1.807) is 14.0 Å². The van der Waals surface area contributed by atoms with E-state index in [9.17, 15) is 8.42 Å². The van der Waals surface area contributed by atoms with Gasteiger partial charge in [-0.15, -0.1) is 12.4 Å². The van der Waals surface area contributed by atoms with Gasteiger partial charge >= 0.3 is 0 Å². The lowest BCUT2D eigenvalue weighted by Gasteiger charge is -2.20. The van der Waals surface area contributed by atoms with Gasteiger partial charge in [0.2, 0.25) is 10.0 Å². The number of hydrogen-bond acceptors (Lipinski definition) is 3. The van der Waals surface area contributed by atoms with Gasteiger partial charge in [0.25, 0.3) is 0 Å². The van der Waals surface area contributed by atoms with Gasteiger partial charge in [-0.25, -0.2) is 12.7 Å². The summed E-state index contributed by atoms with van der Waals surface area (Å²) >= 11 is 0. The van der Waals surface area contributed by atoms with Crippen molar-refractivity contribution in [1.29, 1.82) is 0 Å². The maximum absolute atomic E-state index is 11.4. The minimum absolute atomic E-state index is 0. The summed E-state index contributed by atoms with van der Waals surface area (Å²) in [5.74, 6) is 0.179. The molecule has 0 saturated heterocycles. The zero-order chi connectivity index (χ0) is 12.8. The van der Waals surface area contributed by atoms with Gasteiger partial charge in [-0.3, -0.25) is 0 Å². The molecule has 0 aliphatic heterocycles. The van der Waals surface area contributed by atoms with Crippen LogP contribution in [0.25, 0.3) is 0 Å². The minimum atomic E-state index is -3.01. The van der Waals surface area contributed by atoms with Gasteiger partial charge in [-0.1, -0.05) is 20.8 Å². The lowest BCUT2D eigenvalue weighted by Crippen LogP contribution is -2.33. The highest BCUT2D eigenvalue weighted by Gasteiger charge is 2.14. The molecule has 17 heavy (non-hydrogen) atoms. The Kier molecular flexibility index (Phi) is 9.51. The molecule has 0 aromatic heterocycles. The van der Waals surface area contributed by atoms with E-state index in [-0.39, 0.29) is 23.6 Å². The Hall–Kier alpha value is 0.160. The lowest BCUT2D eigenvalue weighted by atomic mass is 9.97. The fraction of sp³-hybridized carbons (Fsp3) is 1.00. The number of hydrogen-bond donors (Lipinski definition) is 1. The first-order valence-electron chi connectivity index (χ1n) is 5.84. The van der Waals surface area contributed by atoms with Crippen LogP contribution in [0.5, 0.6) is 0 Å². The quantitative estimate of drug-likeness (QED) is 0.725. The highest BCUT2D eigenvalue weighted by molar-refractivity contribution is 7.89. The normalized spacial score (nSPS) is 12.6. The Morgan fingerprint density at radius 3 is 2.18 bits per heavy atom. The first kappa shape index (κ1) is 19.5. The van der Waals surface area contributed by atoms with Crippen LogP contribution in [0, 0.1) is 5.41 Å². The fourth-order valence-electron chi connectivity index (χ4n) is 1.25. The summed E-state index contributed by atoms with van der Waals surface area (Å²) in [5.41, 5.74) is 0.279. The molecule has 0 spiro atoms. The van der Waals surface area contributed by atoms with E-state index in [0.717, 1.165) is 19.5 Å². The zero-order valence-corrected chi connectivity index (χ0v) is 13.2. The Morgan fingerprint density at radius 1 is 1.24 bits per heavy atom. The first-order valence-corrected chi connectivity index (χ1v) is 7.44. The molecule has 0 aromatic rings. The minimum Gasteiger partial charge on any atom is -0.316 e. The highest BCUT2D eigenvalue weighted by Crippen LogP contribution is 2.10. The molecule has 0 radical (unpaired) electrons. The molecule has 0 amide bonds. The molecule has 0 unspecified atom stereocenters. The molecule has 0 aromatic carbocycles. The zero-order valence-electron chi connectivity index (χ0n) is 11.6. The Balaban J connectivity index is 0. The van der Waals surface area contributed by atoms with Crippen molar-refractivity contribution in [2.75, 3.05) is 32.4 Å². The van der Waals surface area contributed by atoms with Gasteiger partial charge in [-0.05, 0) is 31.8 Å². The highest BCUT2D eigenvalue weighted by atomic mass is 35.5. The molecule has 0 fully saturated rings. The SMILES string of the molecule is CCS(=O)(=O)N(C)CCCNCC(C)(C)C.Cl. The van der Waals surface area contributed by atoms with Crippen LogP contribution in [0.2, 0.25) is 0 Å². The van der Waals surface area contributed by atoms with Gasteiger partial charge in [0.1, 0.15) is 0 Å². The van der Waals surface area contributed by atoms with Crippen LogP contribution < -0.4 is 5.32 Å². The maximum atomic E-state index is 11.4. The Morgan fingerprint density at radius 2 is 1.76 bits per heavy atom. The standard InChI is InChI=1S/C11H26N2O2S.ClH/c1-6-16(14,15)13(5)9-7-8-12-10-11(2,3)4;/h12H,6-10H2,1-5H3;1H. The molecule has 0 saturated carbocycles. The largest absolute Gasteiger partial charge is 0.316 e. The van der Waals surface area contributed by atoms with Gasteiger partial charge in [-0.2, -0.15) is 0 Å². The average molecular weight is 287 g/mol. The van der Waals surface area contributed by atoms with Gasteiger partial charge in [0.15, 0.2) is 0 Å². The summed E-state index contributed by atoms with van der Waals surface area (Å²) in [5, 5.41) is 3.33. The lowest BCUT2D eigenvalue weighted by molar-refractivity contribution is 0.372. The first-order chi connectivity index (χ1) is 7.19. The Bertz CT molecular complexity index is 286. The summed E-state index contributed by atoms with van der Waals surface area (Å²) in [4.78, 5) is 0. The second-order valence-corrected chi connectivity index (χ2v) is 7.68. The molecule has 0 atom stereocenters. The molecule has 4 nitrogen and oxygen atoms in total. The van der Waals surface area contributed by atoms with E-state index < -0.39 is 10.0 Å². The van der Waals surface area contributed by atoms with Crippen LogP contribution >= 0.6 is 12.4 Å². The van der Waals surface area contributed by atoms with Crippen molar-refractivity contribution in [1.82, 2.24) is 9.62 Å². The molecular formula is C11H27ClN2O2S. The molecule has 106 valence electrons. The van der Waals surface area contributed by atoms with Crippen LogP contribution in [-0.4, -0.2) is 45.2 Å². The average Bonchev–Trinajstić information content (AvgIpc) is 2.15. The molecular weight excluding hydrogens is 260 g/mol. The number of nitrogens with one attached hydrogen (secondary N) is 1. The predicted octanol–water partition coefficient (Wildman–Crippen LogP) is 1.72.